The number of benzene rings is 1. The zero-order valence-electron chi connectivity index (χ0n) is 16.6. The van der Waals surface area contributed by atoms with Crippen LogP contribution < -0.4 is 15.4 Å². The van der Waals surface area contributed by atoms with Crippen molar-refractivity contribution in [3.63, 3.8) is 0 Å². The van der Waals surface area contributed by atoms with Crippen molar-refractivity contribution in [3.05, 3.63) is 28.8 Å². The Bertz CT molecular complexity index is 533. The van der Waals surface area contributed by atoms with Crippen molar-refractivity contribution in [1.29, 1.82) is 0 Å². The molecule has 156 valence electrons. The van der Waals surface area contributed by atoms with Crippen LogP contribution in [0.5, 0.6) is 5.75 Å². The van der Waals surface area contributed by atoms with E-state index < -0.39 is 0 Å². The fraction of sp³-hybridized carbons (Fsp3) is 0.632. The van der Waals surface area contributed by atoms with Gasteiger partial charge in [0.15, 0.2) is 5.96 Å². The summed E-state index contributed by atoms with van der Waals surface area (Å²) in [6.45, 7) is 8.82. The number of hydrogen-bond donors (Lipinski definition) is 2. The van der Waals surface area contributed by atoms with Gasteiger partial charge in [0.05, 0.1) is 33.5 Å². The molecule has 0 amide bonds. The van der Waals surface area contributed by atoms with Gasteiger partial charge in [-0.05, 0) is 25.5 Å². The maximum absolute atomic E-state index is 5.99. The molecule has 0 aromatic heterocycles. The summed E-state index contributed by atoms with van der Waals surface area (Å²) in [5.41, 5.74) is 0.981. The zero-order chi connectivity index (χ0) is 19.0. The number of unbranched alkanes of at least 4 members (excludes halogenated alkanes) is 1. The number of halogens is 2. The van der Waals surface area contributed by atoms with E-state index in [1.165, 1.54) is 0 Å². The number of guanidine groups is 1. The van der Waals surface area contributed by atoms with E-state index >= 15 is 0 Å². The second-order valence-corrected chi connectivity index (χ2v) is 6.09. The minimum absolute atomic E-state index is 0. The molecule has 0 bridgehead atoms. The highest BCUT2D eigenvalue weighted by atomic mass is 127. The third-order valence-electron chi connectivity index (χ3n) is 3.55. The minimum atomic E-state index is 0. The Morgan fingerprint density at radius 3 is 2.48 bits per heavy atom. The van der Waals surface area contributed by atoms with Gasteiger partial charge >= 0.3 is 0 Å². The highest BCUT2D eigenvalue weighted by Crippen LogP contribution is 2.23. The van der Waals surface area contributed by atoms with Crippen LogP contribution in [-0.4, -0.2) is 52.6 Å². The molecule has 27 heavy (non-hydrogen) atoms. The van der Waals surface area contributed by atoms with Crippen molar-refractivity contribution in [2.45, 2.75) is 33.2 Å². The van der Waals surface area contributed by atoms with Crippen LogP contribution >= 0.6 is 35.6 Å². The lowest BCUT2D eigenvalue weighted by atomic mass is 10.2. The highest BCUT2D eigenvalue weighted by Gasteiger charge is 2.04. The molecule has 0 unspecified atom stereocenters. The standard InChI is InChI=1S/C19H32ClN3O3.HI/c1-4-6-10-25-12-13-26-11-9-22-19(21-5-2)23-15-16-7-8-17(20)14-18(16)24-3;/h7-8,14H,4-6,9-13,15H2,1-3H3,(H2,21,22,23);1H. The van der Waals surface area contributed by atoms with E-state index in [4.69, 9.17) is 25.8 Å². The van der Waals surface area contributed by atoms with Crippen LogP contribution in [0.4, 0.5) is 0 Å². The summed E-state index contributed by atoms with van der Waals surface area (Å²) in [4.78, 5) is 4.58. The number of ether oxygens (including phenoxy) is 3. The predicted molar refractivity (Wildman–Crippen MR) is 123 cm³/mol. The first-order chi connectivity index (χ1) is 12.7. The van der Waals surface area contributed by atoms with Crippen LogP contribution in [0.3, 0.4) is 0 Å². The topological polar surface area (TPSA) is 64.1 Å². The molecule has 2 N–H and O–H groups in total. The van der Waals surface area contributed by atoms with Crippen molar-refractivity contribution in [3.8, 4) is 5.75 Å². The van der Waals surface area contributed by atoms with Gasteiger partial charge < -0.3 is 24.8 Å². The van der Waals surface area contributed by atoms with Gasteiger partial charge in [0.1, 0.15) is 5.75 Å². The lowest BCUT2D eigenvalue weighted by molar-refractivity contribution is 0.0487. The smallest absolute Gasteiger partial charge is 0.191 e. The van der Waals surface area contributed by atoms with Gasteiger partial charge in [0, 0.05) is 30.3 Å². The molecule has 8 heteroatoms. The summed E-state index contributed by atoms with van der Waals surface area (Å²) in [6, 6.07) is 5.56. The van der Waals surface area contributed by atoms with Crippen LogP contribution in [0.2, 0.25) is 5.02 Å². The van der Waals surface area contributed by atoms with Gasteiger partial charge in [-0.15, -0.1) is 24.0 Å². The van der Waals surface area contributed by atoms with Crippen LogP contribution in [0.1, 0.15) is 32.3 Å². The highest BCUT2D eigenvalue weighted by molar-refractivity contribution is 14.0. The van der Waals surface area contributed by atoms with E-state index in [1.807, 2.05) is 19.1 Å². The first kappa shape index (κ1) is 26.2. The average molecular weight is 514 g/mol. The Morgan fingerprint density at radius 2 is 1.81 bits per heavy atom. The van der Waals surface area contributed by atoms with E-state index in [0.29, 0.717) is 37.9 Å². The summed E-state index contributed by atoms with van der Waals surface area (Å²) >= 11 is 5.99. The lowest BCUT2D eigenvalue weighted by Gasteiger charge is -2.12. The maximum Gasteiger partial charge on any atom is 0.191 e. The molecule has 1 aromatic carbocycles. The zero-order valence-corrected chi connectivity index (χ0v) is 19.6. The molecule has 6 nitrogen and oxygen atoms in total. The van der Waals surface area contributed by atoms with Crippen molar-refractivity contribution in [2.24, 2.45) is 4.99 Å². The molecule has 0 heterocycles. The second kappa shape index (κ2) is 17.3. The van der Waals surface area contributed by atoms with Crippen LogP contribution in [0.25, 0.3) is 0 Å². The molecular weight excluding hydrogens is 481 g/mol. The van der Waals surface area contributed by atoms with E-state index in [0.717, 1.165) is 43.3 Å². The maximum atomic E-state index is 5.99. The number of methoxy groups -OCH3 is 1. The number of hydrogen-bond acceptors (Lipinski definition) is 4. The fourth-order valence-electron chi connectivity index (χ4n) is 2.16. The van der Waals surface area contributed by atoms with Gasteiger partial charge in [0.2, 0.25) is 0 Å². The monoisotopic (exact) mass is 513 g/mol. The summed E-state index contributed by atoms with van der Waals surface area (Å²) in [5, 5.41) is 7.12. The normalized spacial score (nSPS) is 11.0. The molecule has 0 aliphatic carbocycles. The molecule has 0 aliphatic rings. The van der Waals surface area contributed by atoms with Crippen LogP contribution in [-0.2, 0) is 16.0 Å². The Labute approximate surface area is 185 Å². The van der Waals surface area contributed by atoms with Gasteiger partial charge in [0.25, 0.3) is 0 Å². The Balaban J connectivity index is 0.00000676. The summed E-state index contributed by atoms with van der Waals surface area (Å²) < 4.78 is 16.4. The van der Waals surface area contributed by atoms with Gasteiger partial charge in [-0.25, -0.2) is 4.99 Å². The largest absolute Gasteiger partial charge is 0.496 e. The molecule has 0 spiro atoms. The van der Waals surface area contributed by atoms with E-state index in [1.54, 1.807) is 13.2 Å². The van der Waals surface area contributed by atoms with Crippen molar-refractivity contribution in [2.75, 3.05) is 46.6 Å². The fourth-order valence-corrected chi connectivity index (χ4v) is 2.33. The Morgan fingerprint density at radius 1 is 1.07 bits per heavy atom. The van der Waals surface area contributed by atoms with Gasteiger partial charge in [-0.3, -0.25) is 0 Å². The molecule has 0 aliphatic heterocycles. The molecule has 0 atom stereocenters. The van der Waals surface area contributed by atoms with Gasteiger partial charge in [-0.1, -0.05) is 31.0 Å². The number of nitrogens with zero attached hydrogens (tertiary/aromatic N) is 1. The quantitative estimate of drug-likeness (QED) is 0.182. The molecule has 1 rings (SSSR count). The van der Waals surface area contributed by atoms with Crippen LogP contribution in [0.15, 0.2) is 23.2 Å². The lowest BCUT2D eigenvalue weighted by Crippen LogP contribution is -2.39. The minimum Gasteiger partial charge on any atom is -0.496 e. The average Bonchev–Trinajstić information content (AvgIpc) is 2.65. The summed E-state index contributed by atoms with van der Waals surface area (Å²) in [7, 11) is 1.63. The van der Waals surface area contributed by atoms with Crippen LogP contribution in [0, 0.1) is 0 Å². The predicted octanol–water partition coefficient (Wildman–Crippen LogP) is 3.86. The number of rotatable bonds is 13. The molecule has 0 fully saturated rings. The van der Waals surface area contributed by atoms with E-state index in [9.17, 15) is 0 Å². The Kier molecular flexibility index (Phi) is 16.8. The number of nitrogens with one attached hydrogen (secondary N) is 2. The van der Waals surface area contributed by atoms with Crippen molar-refractivity contribution >= 4 is 41.5 Å². The first-order valence-electron chi connectivity index (χ1n) is 9.21. The molecule has 0 saturated carbocycles. The SMILES string of the molecule is CCCCOCCOCCNC(=NCc1ccc(Cl)cc1OC)NCC.I. The molecule has 1 aromatic rings. The van der Waals surface area contributed by atoms with Gasteiger partial charge in [-0.2, -0.15) is 0 Å². The third kappa shape index (κ3) is 12.3. The molecular formula is C19H33ClIN3O3. The molecule has 0 radical (unpaired) electrons. The second-order valence-electron chi connectivity index (χ2n) is 5.66. The summed E-state index contributed by atoms with van der Waals surface area (Å²) in [5.74, 6) is 1.48. The summed E-state index contributed by atoms with van der Waals surface area (Å²) in [6.07, 6.45) is 2.25. The Hall–Kier alpha value is -0.770. The number of aliphatic imine (C=N–C) groups is 1. The first-order valence-corrected chi connectivity index (χ1v) is 9.59. The van der Waals surface area contributed by atoms with E-state index in [-0.39, 0.29) is 24.0 Å². The third-order valence-corrected chi connectivity index (χ3v) is 3.79. The van der Waals surface area contributed by atoms with E-state index in [2.05, 4.69) is 22.5 Å². The van der Waals surface area contributed by atoms with Crippen molar-refractivity contribution in [1.82, 2.24) is 10.6 Å². The molecule has 0 saturated heterocycles. The van der Waals surface area contributed by atoms with Crippen molar-refractivity contribution < 1.29 is 14.2 Å².